The number of rotatable bonds is 4. The predicted octanol–water partition coefficient (Wildman–Crippen LogP) is 1.74. The molecule has 1 aromatic rings. The SMILES string of the molecule is CC(CCCl)S(=O)(=O)c1cccnc1C#N. The fourth-order valence-corrected chi connectivity index (χ4v) is 3.18. The summed E-state index contributed by atoms with van der Waals surface area (Å²) in [6.45, 7) is 1.58. The van der Waals surface area contributed by atoms with E-state index in [0.717, 1.165) is 0 Å². The summed E-state index contributed by atoms with van der Waals surface area (Å²) in [4.78, 5) is 3.71. The van der Waals surface area contributed by atoms with Gasteiger partial charge >= 0.3 is 0 Å². The van der Waals surface area contributed by atoms with Crippen molar-refractivity contribution in [2.45, 2.75) is 23.5 Å². The van der Waals surface area contributed by atoms with Crippen molar-refractivity contribution in [2.24, 2.45) is 0 Å². The fourth-order valence-electron chi connectivity index (χ4n) is 1.23. The lowest BCUT2D eigenvalue weighted by atomic mass is 10.4. The van der Waals surface area contributed by atoms with E-state index in [2.05, 4.69) is 4.98 Å². The maximum Gasteiger partial charge on any atom is 0.183 e. The van der Waals surface area contributed by atoms with Gasteiger partial charge in [0.15, 0.2) is 15.5 Å². The van der Waals surface area contributed by atoms with Crippen LogP contribution in [-0.2, 0) is 9.84 Å². The molecule has 0 saturated carbocycles. The van der Waals surface area contributed by atoms with Crippen molar-refractivity contribution < 1.29 is 8.42 Å². The molecule has 1 unspecified atom stereocenters. The van der Waals surface area contributed by atoms with E-state index in [9.17, 15) is 8.42 Å². The molecule has 1 aromatic heterocycles. The molecule has 0 fully saturated rings. The van der Waals surface area contributed by atoms with E-state index in [-0.39, 0.29) is 16.5 Å². The van der Waals surface area contributed by atoms with Gasteiger partial charge in [-0.25, -0.2) is 13.4 Å². The molecule has 0 N–H and O–H groups in total. The van der Waals surface area contributed by atoms with Gasteiger partial charge in [0.25, 0.3) is 0 Å². The minimum Gasteiger partial charge on any atom is -0.244 e. The second-order valence-corrected chi connectivity index (χ2v) is 6.01. The van der Waals surface area contributed by atoms with Gasteiger partial charge in [-0.15, -0.1) is 11.6 Å². The van der Waals surface area contributed by atoms with Crippen LogP contribution in [0.15, 0.2) is 23.2 Å². The Kier molecular flexibility index (Phi) is 4.27. The summed E-state index contributed by atoms with van der Waals surface area (Å²) in [5.41, 5.74) is -0.0658. The van der Waals surface area contributed by atoms with E-state index < -0.39 is 15.1 Å². The van der Waals surface area contributed by atoms with Gasteiger partial charge in [0.1, 0.15) is 11.0 Å². The van der Waals surface area contributed by atoms with Gasteiger partial charge in [-0.2, -0.15) is 5.26 Å². The lowest BCUT2D eigenvalue weighted by Gasteiger charge is -2.11. The Bertz CT molecular complexity index is 508. The van der Waals surface area contributed by atoms with Gasteiger partial charge in [0.2, 0.25) is 0 Å². The molecular weight excluding hydrogens is 248 g/mol. The Morgan fingerprint density at radius 2 is 2.31 bits per heavy atom. The molecule has 1 heterocycles. The fraction of sp³-hybridized carbons (Fsp3) is 0.400. The zero-order chi connectivity index (χ0) is 12.2. The molecular formula is C10H11ClN2O2S. The van der Waals surface area contributed by atoms with Gasteiger partial charge in [0, 0.05) is 12.1 Å². The molecule has 0 aromatic carbocycles. The second-order valence-electron chi connectivity index (χ2n) is 3.30. The lowest BCUT2D eigenvalue weighted by Crippen LogP contribution is -2.19. The van der Waals surface area contributed by atoms with Gasteiger partial charge in [-0.3, -0.25) is 0 Å². The Balaban J connectivity index is 3.23. The van der Waals surface area contributed by atoms with E-state index in [4.69, 9.17) is 16.9 Å². The van der Waals surface area contributed by atoms with Crippen molar-refractivity contribution in [3.05, 3.63) is 24.0 Å². The second kappa shape index (κ2) is 5.28. The van der Waals surface area contributed by atoms with Gasteiger partial charge in [-0.1, -0.05) is 0 Å². The van der Waals surface area contributed by atoms with E-state index in [1.165, 1.54) is 18.3 Å². The first-order valence-electron chi connectivity index (χ1n) is 4.69. The third kappa shape index (κ3) is 2.52. The average molecular weight is 259 g/mol. The van der Waals surface area contributed by atoms with Crippen molar-refractivity contribution in [3.8, 4) is 6.07 Å². The summed E-state index contributed by atoms with van der Waals surface area (Å²) in [5.74, 6) is 0.266. The van der Waals surface area contributed by atoms with Crippen LogP contribution in [0.25, 0.3) is 0 Å². The molecule has 0 saturated heterocycles. The molecule has 4 nitrogen and oxygen atoms in total. The molecule has 0 spiro atoms. The van der Waals surface area contributed by atoms with Gasteiger partial charge in [0.05, 0.1) is 5.25 Å². The number of hydrogen-bond acceptors (Lipinski definition) is 4. The predicted molar refractivity (Wildman–Crippen MR) is 60.9 cm³/mol. The van der Waals surface area contributed by atoms with Crippen molar-refractivity contribution >= 4 is 21.4 Å². The molecule has 16 heavy (non-hydrogen) atoms. The Morgan fingerprint density at radius 1 is 1.62 bits per heavy atom. The molecule has 0 aliphatic carbocycles. The van der Waals surface area contributed by atoms with Gasteiger partial charge < -0.3 is 0 Å². The van der Waals surface area contributed by atoms with E-state index in [1.807, 2.05) is 0 Å². The Labute approximate surface area is 99.8 Å². The maximum absolute atomic E-state index is 12.1. The molecule has 0 aliphatic heterocycles. The number of nitriles is 1. The number of hydrogen-bond donors (Lipinski definition) is 0. The van der Waals surface area contributed by atoms with Crippen LogP contribution in [0.1, 0.15) is 19.0 Å². The minimum atomic E-state index is -3.51. The van der Waals surface area contributed by atoms with Crippen molar-refractivity contribution in [3.63, 3.8) is 0 Å². The van der Waals surface area contributed by atoms with Crippen molar-refractivity contribution in [1.82, 2.24) is 4.98 Å². The summed E-state index contributed by atoms with van der Waals surface area (Å²) < 4.78 is 24.1. The normalized spacial score (nSPS) is 13.1. The molecule has 6 heteroatoms. The first kappa shape index (κ1) is 12.9. The number of pyridine rings is 1. The number of sulfone groups is 1. The summed E-state index contributed by atoms with van der Waals surface area (Å²) >= 11 is 5.52. The summed E-state index contributed by atoms with van der Waals surface area (Å²) in [5, 5.41) is 8.18. The topological polar surface area (TPSA) is 70.8 Å². The van der Waals surface area contributed by atoms with Crippen molar-refractivity contribution in [1.29, 1.82) is 5.26 Å². The van der Waals surface area contributed by atoms with Crippen LogP contribution >= 0.6 is 11.6 Å². The van der Waals surface area contributed by atoms with Crippen LogP contribution in [0.5, 0.6) is 0 Å². The Morgan fingerprint density at radius 3 is 2.88 bits per heavy atom. The highest BCUT2D eigenvalue weighted by Gasteiger charge is 2.25. The molecule has 86 valence electrons. The average Bonchev–Trinajstić information content (AvgIpc) is 2.29. The van der Waals surface area contributed by atoms with Gasteiger partial charge in [-0.05, 0) is 25.5 Å². The molecule has 0 bridgehead atoms. The quantitative estimate of drug-likeness (QED) is 0.772. The van der Waals surface area contributed by atoms with E-state index >= 15 is 0 Å². The first-order valence-corrected chi connectivity index (χ1v) is 6.77. The monoisotopic (exact) mass is 258 g/mol. The van der Waals surface area contributed by atoms with Crippen LogP contribution in [0.2, 0.25) is 0 Å². The van der Waals surface area contributed by atoms with E-state index in [1.54, 1.807) is 13.0 Å². The number of alkyl halides is 1. The lowest BCUT2D eigenvalue weighted by molar-refractivity contribution is 0.580. The molecule has 1 rings (SSSR count). The highest BCUT2D eigenvalue weighted by molar-refractivity contribution is 7.92. The Hall–Kier alpha value is -1.12. The number of halogens is 1. The first-order chi connectivity index (χ1) is 7.54. The zero-order valence-corrected chi connectivity index (χ0v) is 10.3. The third-order valence-electron chi connectivity index (χ3n) is 2.23. The number of nitrogens with zero attached hydrogens (tertiary/aromatic N) is 2. The van der Waals surface area contributed by atoms with Crippen LogP contribution < -0.4 is 0 Å². The summed E-state index contributed by atoms with van der Waals surface area (Å²) in [6.07, 6.45) is 1.74. The van der Waals surface area contributed by atoms with Crippen LogP contribution in [0.3, 0.4) is 0 Å². The zero-order valence-electron chi connectivity index (χ0n) is 8.72. The van der Waals surface area contributed by atoms with Crippen LogP contribution in [0.4, 0.5) is 0 Å². The molecule has 1 atom stereocenters. The highest BCUT2D eigenvalue weighted by Crippen LogP contribution is 2.20. The van der Waals surface area contributed by atoms with Crippen molar-refractivity contribution in [2.75, 3.05) is 5.88 Å². The maximum atomic E-state index is 12.1. The summed E-state index contributed by atoms with van der Waals surface area (Å²) in [7, 11) is -3.51. The standard InChI is InChI=1S/C10H11ClN2O2S/c1-8(4-5-11)16(14,15)10-3-2-6-13-9(10)7-12/h2-3,6,8H,4-5H2,1H3. The van der Waals surface area contributed by atoms with Crippen LogP contribution in [0, 0.1) is 11.3 Å². The smallest absolute Gasteiger partial charge is 0.183 e. The van der Waals surface area contributed by atoms with Crippen LogP contribution in [-0.4, -0.2) is 24.5 Å². The summed E-state index contributed by atoms with van der Waals surface area (Å²) in [6, 6.07) is 4.67. The molecule has 0 aliphatic rings. The molecule has 0 radical (unpaired) electrons. The largest absolute Gasteiger partial charge is 0.244 e. The minimum absolute atomic E-state index is 0.0184. The van der Waals surface area contributed by atoms with E-state index in [0.29, 0.717) is 6.42 Å². The third-order valence-corrected chi connectivity index (χ3v) is 4.68. The highest BCUT2D eigenvalue weighted by atomic mass is 35.5. The number of aromatic nitrogens is 1. The molecule has 0 amide bonds.